The highest BCUT2D eigenvalue weighted by atomic mass is 19.1. The smallest absolute Gasteiger partial charge is 0.121 e. The van der Waals surface area contributed by atoms with Gasteiger partial charge in [-0.3, -0.25) is 0 Å². The van der Waals surface area contributed by atoms with Gasteiger partial charge in [0.05, 0.1) is 6.10 Å². The van der Waals surface area contributed by atoms with E-state index in [0.29, 0.717) is 6.42 Å². The third kappa shape index (κ3) is 1.40. The van der Waals surface area contributed by atoms with E-state index in [4.69, 9.17) is 0 Å². The number of rotatable bonds is 1. The molecule has 1 saturated carbocycles. The van der Waals surface area contributed by atoms with Gasteiger partial charge in [-0.05, 0) is 18.8 Å². The van der Waals surface area contributed by atoms with E-state index < -0.39 is 18.4 Å². The van der Waals surface area contributed by atoms with Crippen molar-refractivity contribution in [2.75, 3.05) is 6.67 Å². The van der Waals surface area contributed by atoms with Crippen LogP contribution in [0.15, 0.2) is 0 Å². The van der Waals surface area contributed by atoms with Gasteiger partial charge >= 0.3 is 0 Å². The van der Waals surface area contributed by atoms with Gasteiger partial charge in [0.1, 0.15) is 12.3 Å². The summed E-state index contributed by atoms with van der Waals surface area (Å²) in [6.45, 7) is 0.942. The Kier molecular flexibility index (Phi) is 2.50. The average Bonchev–Trinajstić information content (AvgIpc) is 2.00. The second kappa shape index (κ2) is 3.07. The van der Waals surface area contributed by atoms with E-state index in [2.05, 4.69) is 0 Å². The van der Waals surface area contributed by atoms with Crippen LogP contribution in [0.3, 0.4) is 0 Å². The molecule has 0 spiro atoms. The third-order valence-electron chi connectivity index (χ3n) is 2.76. The summed E-state index contributed by atoms with van der Waals surface area (Å²) in [5, 5.41) is 18.9. The first kappa shape index (κ1) is 8.94. The van der Waals surface area contributed by atoms with Crippen molar-refractivity contribution in [3.63, 3.8) is 0 Å². The SMILES string of the molecule is CC1CCCC(O)C1(O)CF. The fraction of sp³-hybridized carbons (Fsp3) is 1.00. The summed E-state index contributed by atoms with van der Waals surface area (Å²) in [5.74, 6) is -0.128. The van der Waals surface area contributed by atoms with E-state index >= 15 is 0 Å². The van der Waals surface area contributed by atoms with Crippen LogP contribution in [0.25, 0.3) is 0 Å². The number of hydrogen-bond acceptors (Lipinski definition) is 2. The van der Waals surface area contributed by atoms with Crippen LogP contribution >= 0.6 is 0 Å². The normalized spacial score (nSPS) is 45.8. The predicted octanol–water partition coefficient (Wildman–Crippen LogP) is 0.868. The van der Waals surface area contributed by atoms with E-state index in [-0.39, 0.29) is 5.92 Å². The molecule has 0 heterocycles. The van der Waals surface area contributed by atoms with Gasteiger partial charge in [-0.15, -0.1) is 0 Å². The molecule has 11 heavy (non-hydrogen) atoms. The van der Waals surface area contributed by atoms with Crippen LogP contribution in [0.1, 0.15) is 26.2 Å². The number of alkyl halides is 1. The van der Waals surface area contributed by atoms with Crippen molar-refractivity contribution in [1.82, 2.24) is 0 Å². The Balaban J connectivity index is 2.69. The van der Waals surface area contributed by atoms with E-state index in [1.54, 1.807) is 6.92 Å². The van der Waals surface area contributed by atoms with Gasteiger partial charge in [-0.25, -0.2) is 4.39 Å². The summed E-state index contributed by atoms with van der Waals surface area (Å²) < 4.78 is 12.4. The van der Waals surface area contributed by atoms with Crippen LogP contribution in [0.2, 0.25) is 0 Å². The highest BCUT2D eigenvalue weighted by Gasteiger charge is 2.43. The van der Waals surface area contributed by atoms with Gasteiger partial charge < -0.3 is 10.2 Å². The maximum Gasteiger partial charge on any atom is 0.121 e. The quantitative estimate of drug-likeness (QED) is 0.600. The van der Waals surface area contributed by atoms with Crippen molar-refractivity contribution in [1.29, 1.82) is 0 Å². The first-order valence-electron chi connectivity index (χ1n) is 4.07. The zero-order valence-corrected chi connectivity index (χ0v) is 6.76. The van der Waals surface area contributed by atoms with Gasteiger partial charge in [0, 0.05) is 0 Å². The van der Waals surface area contributed by atoms with Gasteiger partial charge in [-0.1, -0.05) is 13.3 Å². The molecule has 0 bridgehead atoms. The lowest BCUT2D eigenvalue weighted by Gasteiger charge is -2.39. The Labute approximate surface area is 66.0 Å². The fourth-order valence-corrected chi connectivity index (χ4v) is 1.67. The predicted molar refractivity (Wildman–Crippen MR) is 39.9 cm³/mol. The lowest BCUT2D eigenvalue weighted by molar-refractivity contribution is -0.141. The molecule has 66 valence electrons. The minimum absolute atomic E-state index is 0.128. The van der Waals surface area contributed by atoms with Crippen molar-refractivity contribution in [2.45, 2.75) is 37.9 Å². The summed E-state index contributed by atoms with van der Waals surface area (Å²) in [4.78, 5) is 0. The molecule has 0 amide bonds. The van der Waals surface area contributed by atoms with Crippen LogP contribution < -0.4 is 0 Å². The zero-order chi connectivity index (χ0) is 8.48. The van der Waals surface area contributed by atoms with E-state index in [1.165, 1.54) is 0 Å². The molecule has 2 N–H and O–H groups in total. The molecular formula is C8H15FO2. The van der Waals surface area contributed by atoms with Crippen molar-refractivity contribution in [3.05, 3.63) is 0 Å². The van der Waals surface area contributed by atoms with Gasteiger partial charge in [0.15, 0.2) is 0 Å². The summed E-state index contributed by atoms with van der Waals surface area (Å²) in [6, 6.07) is 0. The largest absolute Gasteiger partial charge is 0.390 e. The third-order valence-corrected chi connectivity index (χ3v) is 2.76. The Morgan fingerprint density at radius 2 is 2.18 bits per heavy atom. The van der Waals surface area contributed by atoms with Crippen molar-refractivity contribution >= 4 is 0 Å². The molecule has 1 rings (SSSR count). The molecule has 3 atom stereocenters. The summed E-state index contributed by atoms with van der Waals surface area (Å²) >= 11 is 0. The molecule has 1 fully saturated rings. The van der Waals surface area contributed by atoms with Crippen LogP contribution in [-0.2, 0) is 0 Å². The lowest BCUT2D eigenvalue weighted by Crippen LogP contribution is -2.52. The number of aliphatic hydroxyl groups excluding tert-OH is 1. The Morgan fingerprint density at radius 3 is 2.55 bits per heavy atom. The van der Waals surface area contributed by atoms with Crippen molar-refractivity contribution in [2.24, 2.45) is 5.92 Å². The Hall–Kier alpha value is -0.150. The Morgan fingerprint density at radius 1 is 1.55 bits per heavy atom. The highest BCUT2D eigenvalue weighted by molar-refractivity contribution is 4.94. The van der Waals surface area contributed by atoms with Crippen molar-refractivity contribution < 1.29 is 14.6 Å². The monoisotopic (exact) mass is 162 g/mol. The molecule has 0 aliphatic heterocycles. The molecular weight excluding hydrogens is 147 g/mol. The maximum atomic E-state index is 12.4. The molecule has 0 aromatic heterocycles. The molecule has 3 unspecified atom stereocenters. The second-order valence-corrected chi connectivity index (χ2v) is 3.47. The zero-order valence-electron chi connectivity index (χ0n) is 6.76. The van der Waals surface area contributed by atoms with E-state index in [1.807, 2.05) is 0 Å². The fourth-order valence-electron chi connectivity index (χ4n) is 1.67. The number of aliphatic hydroxyl groups is 2. The topological polar surface area (TPSA) is 40.5 Å². The van der Waals surface area contributed by atoms with Gasteiger partial charge in [0.25, 0.3) is 0 Å². The average molecular weight is 162 g/mol. The van der Waals surface area contributed by atoms with Crippen LogP contribution in [0.4, 0.5) is 4.39 Å². The van der Waals surface area contributed by atoms with E-state index in [0.717, 1.165) is 12.8 Å². The Bertz CT molecular complexity index is 128. The van der Waals surface area contributed by atoms with Crippen LogP contribution in [0.5, 0.6) is 0 Å². The van der Waals surface area contributed by atoms with Crippen molar-refractivity contribution in [3.8, 4) is 0 Å². The first-order valence-corrected chi connectivity index (χ1v) is 4.07. The summed E-state index contributed by atoms with van der Waals surface area (Å²) in [7, 11) is 0. The number of halogens is 1. The van der Waals surface area contributed by atoms with E-state index in [9.17, 15) is 14.6 Å². The summed E-state index contributed by atoms with van der Waals surface area (Å²) in [5.41, 5.74) is -1.47. The molecule has 1 aliphatic rings. The van der Waals surface area contributed by atoms with Gasteiger partial charge in [-0.2, -0.15) is 0 Å². The maximum absolute atomic E-state index is 12.4. The lowest BCUT2D eigenvalue weighted by atomic mass is 9.75. The molecule has 2 nitrogen and oxygen atoms in total. The highest BCUT2D eigenvalue weighted by Crippen LogP contribution is 2.33. The molecule has 0 aromatic rings. The standard InChI is InChI=1S/C8H15FO2/c1-6-3-2-4-7(10)8(6,11)5-9/h6-7,10-11H,2-5H2,1H3. The molecule has 1 aliphatic carbocycles. The number of hydrogen-bond donors (Lipinski definition) is 2. The van der Waals surface area contributed by atoms with Gasteiger partial charge in [0.2, 0.25) is 0 Å². The molecule has 0 radical (unpaired) electrons. The summed E-state index contributed by atoms with van der Waals surface area (Å²) in [6.07, 6.45) is 1.32. The molecule has 0 aromatic carbocycles. The van der Waals surface area contributed by atoms with Crippen LogP contribution in [-0.4, -0.2) is 28.6 Å². The molecule has 3 heteroatoms. The minimum Gasteiger partial charge on any atom is -0.390 e. The second-order valence-electron chi connectivity index (χ2n) is 3.47. The first-order chi connectivity index (χ1) is 5.11. The minimum atomic E-state index is -1.47. The van der Waals surface area contributed by atoms with Crippen LogP contribution in [0, 0.1) is 5.92 Å². The molecule has 0 saturated heterocycles.